The number of hydrogen-bond donors (Lipinski definition) is 0. The van der Waals surface area contributed by atoms with Crippen molar-refractivity contribution in [3.8, 4) is 16.9 Å². The van der Waals surface area contributed by atoms with Gasteiger partial charge in [0.05, 0.1) is 24.1 Å². The van der Waals surface area contributed by atoms with E-state index in [2.05, 4.69) is 25.8 Å². The lowest BCUT2D eigenvalue weighted by Gasteiger charge is -2.14. The SMILES string of the molecule is COC(=O)c1cc(-c2ccc(Br)cc2)n(-c2ccccc2C(F)(F)F)n1. The van der Waals surface area contributed by atoms with Gasteiger partial charge in [-0.3, -0.25) is 0 Å². The van der Waals surface area contributed by atoms with Crippen LogP contribution in [0.4, 0.5) is 13.2 Å². The molecule has 0 bridgehead atoms. The number of hydrogen-bond acceptors (Lipinski definition) is 3. The highest BCUT2D eigenvalue weighted by atomic mass is 79.9. The number of ether oxygens (including phenoxy) is 1. The zero-order chi connectivity index (χ0) is 18.9. The van der Waals surface area contributed by atoms with Gasteiger partial charge < -0.3 is 4.74 Å². The first kappa shape index (κ1) is 18.2. The molecule has 8 heteroatoms. The van der Waals surface area contributed by atoms with E-state index in [4.69, 9.17) is 0 Å². The number of carbonyl (C=O) groups is 1. The minimum absolute atomic E-state index is 0.0811. The van der Waals surface area contributed by atoms with Crippen LogP contribution < -0.4 is 0 Å². The molecule has 0 aliphatic carbocycles. The number of esters is 1. The second-order valence-corrected chi connectivity index (χ2v) is 6.26. The Bertz CT molecular complexity index is 950. The lowest BCUT2D eigenvalue weighted by atomic mass is 10.1. The molecule has 0 saturated carbocycles. The molecule has 0 amide bonds. The molecule has 0 fully saturated rings. The first-order chi connectivity index (χ1) is 12.3. The summed E-state index contributed by atoms with van der Waals surface area (Å²) in [5.41, 5.74) is -0.157. The van der Waals surface area contributed by atoms with Gasteiger partial charge in [-0.15, -0.1) is 0 Å². The lowest BCUT2D eigenvalue weighted by molar-refractivity contribution is -0.137. The first-order valence-electron chi connectivity index (χ1n) is 7.42. The van der Waals surface area contributed by atoms with Gasteiger partial charge in [0.2, 0.25) is 0 Å². The van der Waals surface area contributed by atoms with Gasteiger partial charge in [0.25, 0.3) is 0 Å². The van der Waals surface area contributed by atoms with E-state index in [1.54, 1.807) is 24.3 Å². The van der Waals surface area contributed by atoms with Crippen molar-refractivity contribution < 1.29 is 22.7 Å². The van der Waals surface area contributed by atoms with E-state index in [0.717, 1.165) is 15.2 Å². The Morgan fingerprint density at radius 1 is 1.12 bits per heavy atom. The number of carbonyl (C=O) groups excluding carboxylic acids is 1. The summed E-state index contributed by atoms with van der Waals surface area (Å²) in [5.74, 6) is -0.730. The van der Waals surface area contributed by atoms with E-state index in [1.165, 1.54) is 31.4 Å². The van der Waals surface area contributed by atoms with Crippen LogP contribution in [0.3, 0.4) is 0 Å². The van der Waals surface area contributed by atoms with Crippen molar-refractivity contribution in [2.24, 2.45) is 0 Å². The standard InChI is InChI=1S/C18H12BrF3N2O2/c1-26-17(25)14-10-16(11-6-8-12(19)9-7-11)24(23-14)15-5-3-2-4-13(15)18(20,21)22/h2-10H,1H3. The molecule has 0 radical (unpaired) electrons. The van der Waals surface area contributed by atoms with E-state index < -0.39 is 17.7 Å². The smallest absolute Gasteiger partial charge is 0.418 e. The number of alkyl halides is 3. The van der Waals surface area contributed by atoms with Crippen LogP contribution in [0.5, 0.6) is 0 Å². The van der Waals surface area contributed by atoms with Crippen molar-refractivity contribution in [3.05, 3.63) is 70.3 Å². The molecule has 0 aliphatic rings. The van der Waals surface area contributed by atoms with Crippen molar-refractivity contribution in [2.45, 2.75) is 6.18 Å². The third-order valence-corrected chi connectivity index (χ3v) is 4.21. The number of para-hydroxylation sites is 1. The Balaban J connectivity index is 2.26. The maximum atomic E-state index is 13.4. The molecule has 0 N–H and O–H groups in total. The molecule has 0 unspecified atom stereocenters. The topological polar surface area (TPSA) is 44.1 Å². The Labute approximate surface area is 155 Å². The molecule has 2 aromatic carbocycles. The van der Waals surface area contributed by atoms with Gasteiger partial charge in [0.1, 0.15) is 0 Å². The zero-order valence-corrected chi connectivity index (χ0v) is 15.0. The van der Waals surface area contributed by atoms with Crippen LogP contribution in [0.25, 0.3) is 16.9 Å². The van der Waals surface area contributed by atoms with Crippen LogP contribution in [0.2, 0.25) is 0 Å². The predicted molar refractivity (Wildman–Crippen MR) is 93.0 cm³/mol. The minimum Gasteiger partial charge on any atom is -0.464 e. The van der Waals surface area contributed by atoms with E-state index >= 15 is 0 Å². The predicted octanol–water partition coefficient (Wildman–Crippen LogP) is 5.11. The molecule has 0 spiro atoms. The summed E-state index contributed by atoms with van der Waals surface area (Å²) >= 11 is 3.31. The lowest BCUT2D eigenvalue weighted by Crippen LogP contribution is -2.12. The van der Waals surface area contributed by atoms with Gasteiger partial charge in [0.15, 0.2) is 5.69 Å². The third kappa shape index (κ3) is 3.50. The average Bonchev–Trinajstić information content (AvgIpc) is 3.06. The van der Waals surface area contributed by atoms with E-state index in [1.807, 2.05) is 0 Å². The van der Waals surface area contributed by atoms with Gasteiger partial charge >= 0.3 is 12.1 Å². The molecule has 134 valence electrons. The average molecular weight is 425 g/mol. The molecule has 0 aliphatic heterocycles. The highest BCUT2D eigenvalue weighted by Crippen LogP contribution is 2.35. The molecule has 1 aromatic heterocycles. The number of nitrogens with zero attached hydrogens (tertiary/aromatic N) is 2. The highest BCUT2D eigenvalue weighted by molar-refractivity contribution is 9.10. The fourth-order valence-electron chi connectivity index (χ4n) is 2.49. The summed E-state index contributed by atoms with van der Waals surface area (Å²) in [6.45, 7) is 0. The maximum Gasteiger partial charge on any atom is 0.418 e. The molecule has 1 heterocycles. The van der Waals surface area contributed by atoms with Gasteiger partial charge in [-0.2, -0.15) is 18.3 Å². The Morgan fingerprint density at radius 2 is 1.77 bits per heavy atom. The zero-order valence-electron chi connectivity index (χ0n) is 13.4. The Hall–Kier alpha value is -2.61. The Morgan fingerprint density at radius 3 is 2.38 bits per heavy atom. The number of methoxy groups -OCH3 is 1. The summed E-state index contributed by atoms with van der Waals surface area (Å²) in [4.78, 5) is 11.8. The fraction of sp³-hybridized carbons (Fsp3) is 0.111. The number of benzene rings is 2. The summed E-state index contributed by atoms with van der Waals surface area (Å²) in [5, 5.41) is 4.05. The molecule has 4 nitrogen and oxygen atoms in total. The van der Waals surface area contributed by atoms with Crippen molar-refractivity contribution in [1.82, 2.24) is 9.78 Å². The van der Waals surface area contributed by atoms with Crippen molar-refractivity contribution in [1.29, 1.82) is 0 Å². The van der Waals surface area contributed by atoms with Gasteiger partial charge in [-0.25, -0.2) is 9.48 Å². The van der Waals surface area contributed by atoms with Crippen LogP contribution in [-0.2, 0) is 10.9 Å². The van der Waals surface area contributed by atoms with Crippen LogP contribution in [0.15, 0.2) is 59.1 Å². The van der Waals surface area contributed by atoms with Crippen molar-refractivity contribution in [2.75, 3.05) is 7.11 Å². The number of rotatable bonds is 3. The number of halogens is 4. The molecular formula is C18H12BrF3N2O2. The second kappa shape index (κ2) is 6.95. The first-order valence-corrected chi connectivity index (χ1v) is 8.21. The summed E-state index contributed by atoms with van der Waals surface area (Å²) in [6.07, 6.45) is -4.56. The summed E-state index contributed by atoms with van der Waals surface area (Å²) in [7, 11) is 1.18. The molecular weight excluding hydrogens is 413 g/mol. The van der Waals surface area contributed by atoms with Crippen molar-refractivity contribution in [3.63, 3.8) is 0 Å². The third-order valence-electron chi connectivity index (χ3n) is 3.68. The van der Waals surface area contributed by atoms with Crippen LogP contribution in [0, 0.1) is 0 Å². The molecule has 3 aromatic rings. The summed E-state index contributed by atoms with van der Waals surface area (Å²) < 4.78 is 46.8. The van der Waals surface area contributed by atoms with Crippen LogP contribution >= 0.6 is 15.9 Å². The quantitative estimate of drug-likeness (QED) is 0.548. The number of aromatic nitrogens is 2. The second-order valence-electron chi connectivity index (χ2n) is 5.34. The summed E-state index contributed by atoms with van der Waals surface area (Å²) in [6, 6.07) is 13.4. The minimum atomic E-state index is -4.56. The normalized spacial score (nSPS) is 11.4. The van der Waals surface area contributed by atoms with Gasteiger partial charge in [-0.1, -0.05) is 40.2 Å². The molecule has 0 atom stereocenters. The van der Waals surface area contributed by atoms with Gasteiger partial charge in [0, 0.05) is 10.0 Å². The largest absolute Gasteiger partial charge is 0.464 e. The van der Waals surface area contributed by atoms with E-state index in [-0.39, 0.29) is 11.4 Å². The van der Waals surface area contributed by atoms with Crippen LogP contribution in [0.1, 0.15) is 16.1 Å². The molecule has 3 rings (SSSR count). The van der Waals surface area contributed by atoms with Gasteiger partial charge in [-0.05, 0) is 30.3 Å². The monoisotopic (exact) mass is 424 g/mol. The highest BCUT2D eigenvalue weighted by Gasteiger charge is 2.34. The van der Waals surface area contributed by atoms with E-state index in [9.17, 15) is 18.0 Å². The van der Waals surface area contributed by atoms with Crippen molar-refractivity contribution >= 4 is 21.9 Å². The van der Waals surface area contributed by atoms with Crippen LogP contribution in [-0.4, -0.2) is 22.9 Å². The Kier molecular flexibility index (Phi) is 4.86. The fourth-order valence-corrected chi connectivity index (χ4v) is 2.76. The van der Waals surface area contributed by atoms with E-state index in [0.29, 0.717) is 11.3 Å². The molecule has 26 heavy (non-hydrogen) atoms. The molecule has 0 saturated heterocycles. The maximum absolute atomic E-state index is 13.4.